The number of benzene rings is 1. The highest BCUT2D eigenvalue weighted by molar-refractivity contribution is 9.10. The lowest BCUT2D eigenvalue weighted by Gasteiger charge is -2.13. The smallest absolute Gasteiger partial charge is 0.306 e. The van der Waals surface area contributed by atoms with Crippen molar-refractivity contribution in [2.45, 2.75) is 25.4 Å². The number of H-pyrrole nitrogens is 1. The van der Waals surface area contributed by atoms with Gasteiger partial charge in [-0.15, -0.1) is 0 Å². The zero-order valence-corrected chi connectivity index (χ0v) is 12.3. The lowest BCUT2D eigenvalue weighted by Crippen LogP contribution is -2.17. The molecule has 3 nitrogen and oxygen atoms in total. The van der Waals surface area contributed by atoms with E-state index < -0.39 is 11.7 Å². The fourth-order valence-corrected chi connectivity index (χ4v) is 2.89. The van der Waals surface area contributed by atoms with Crippen LogP contribution in [0.2, 0.25) is 0 Å². The molecule has 1 aliphatic rings. The van der Waals surface area contributed by atoms with Crippen LogP contribution in [0.3, 0.4) is 0 Å². The summed E-state index contributed by atoms with van der Waals surface area (Å²) in [5.74, 6) is -0.0273. The van der Waals surface area contributed by atoms with Gasteiger partial charge in [-0.25, -0.2) is 4.98 Å². The number of alkyl halides is 3. The summed E-state index contributed by atoms with van der Waals surface area (Å²) in [5, 5.41) is 0. The Kier molecular flexibility index (Phi) is 3.39. The van der Waals surface area contributed by atoms with E-state index in [-0.39, 0.29) is 16.9 Å². The van der Waals surface area contributed by atoms with Gasteiger partial charge < -0.3 is 4.98 Å². The van der Waals surface area contributed by atoms with Crippen LogP contribution in [-0.2, 0) is 19.0 Å². The van der Waals surface area contributed by atoms with E-state index in [1.807, 2.05) is 0 Å². The molecule has 21 heavy (non-hydrogen) atoms. The van der Waals surface area contributed by atoms with E-state index in [4.69, 9.17) is 0 Å². The van der Waals surface area contributed by atoms with Gasteiger partial charge in [-0.05, 0) is 37.5 Å². The molecule has 1 N–H and O–H groups in total. The minimum atomic E-state index is -4.52. The number of aryl methyl sites for hydroxylation is 1. The van der Waals surface area contributed by atoms with Crippen molar-refractivity contribution in [3.05, 3.63) is 49.8 Å². The Morgan fingerprint density at radius 1 is 1.24 bits per heavy atom. The number of aromatic nitrogens is 2. The van der Waals surface area contributed by atoms with Crippen LogP contribution in [0.1, 0.15) is 23.2 Å². The molecule has 0 atom stereocenters. The minimum Gasteiger partial charge on any atom is -0.306 e. The first-order chi connectivity index (χ1) is 9.86. The number of nitrogens with one attached hydrogen (secondary N) is 1. The molecular weight excluding hydrogens is 349 g/mol. The zero-order valence-electron chi connectivity index (χ0n) is 10.7. The predicted octanol–water partition coefficient (Wildman–Crippen LogP) is 3.71. The molecule has 2 aromatic rings. The molecule has 0 spiro atoms. The molecule has 0 amide bonds. The van der Waals surface area contributed by atoms with Gasteiger partial charge in [0.1, 0.15) is 5.82 Å². The average molecular weight is 359 g/mol. The molecular formula is C14H10BrF3N2O. The number of aromatic amines is 1. The Labute approximate surface area is 126 Å². The van der Waals surface area contributed by atoms with Crippen molar-refractivity contribution in [1.29, 1.82) is 0 Å². The summed E-state index contributed by atoms with van der Waals surface area (Å²) in [4.78, 5) is 18.6. The molecule has 110 valence electrons. The van der Waals surface area contributed by atoms with Crippen LogP contribution in [0.15, 0.2) is 27.5 Å². The lowest BCUT2D eigenvalue weighted by atomic mass is 10.1. The maximum Gasteiger partial charge on any atom is 0.417 e. The molecule has 0 saturated heterocycles. The topological polar surface area (TPSA) is 45.8 Å². The predicted molar refractivity (Wildman–Crippen MR) is 75.0 cm³/mol. The summed E-state index contributed by atoms with van der Waals surface area (Å²) < 4.78 is 39.8. The Balaban J connectivity index is 2.22. The lowest BCUT2D eigenvalue weighted by molar-refractivity contribution is -0.137. The van der Waals surface area contributed by atoms with Crippen LogP contribution in [0.25, 0.3) is 11.4 Å². The first-order valence-corrected chi connectivity index (χ1v) is 7.15. The van der Waals surface area contributed by atoms with E-state index in [0.717, 1.165) is 12.5 Å². The van der Waals surface area contributed by atoms with Crippen LogP contribution in [0, 0.1) is 0 Å². The first-order valence-electron chi connectivity index (χ1n) is 6.35. The SMILES string of the molecule is O=c1[nH]c(-c2ccc(Br)cc2C(F)(F)F)nc2c1CCC2. The van der Waals surface area contributed by atoms with Crippen molar-refractivity contribution in [2.75, 3.05) is 0 Å². The van der Waals surface area contributed by atoms with Gasteiger partial charge in [-0.2, -0.15) is 13.2 Å². The third-order valence-electron chi connectivity index (χ3n) is 3.48. The van der Waals surface area contributed by atoms with Crippen LogP contribution in [-0.4, -0.2) is 9.97 Å². The molecule has 1 aromatic heterocycles. The van der Waals surface area contributed by atoms with Gasteiger partial charge in [0, 0.05) is 15.6 Å². The molecule has 0 saturated carbocycles. The van der Waals surface area contributed by atoms with Crippen LogP contribution in [0.4, 0.5) is 13.2 Å². The van der Waals surface area contributed by atoms with E-state index in [1.54, 1.807) is 0 Å². The van der Waals surface area contributed by atoms with Crippen LogP contribution >= 0.6 is 15.9 Å². The van der Waals surface area contributed by atoms with Gasteiger partial charge in [0.2, 0.25) is 0 Å². The van der Waals surface area contributed by atoms with E-state index in [1.165, 1.54) is 12.1 Å². The van der Waals surface area contributed by atoms with Crippen molar-refractivity contribution in [3.63, 3.8) is 0 Å². The van der Waals surface area contributed by atoms with Crippen molar-refractivity contribution in [2.24, 2.45) is 0 Å². The second kappa shape index (κ2) is 4.98. The van der Waals surface area contributed by atoms with Crippen LogP contribution < -0.4 is 5.56 Å². The molecule has 0 unspecified atom stereocenters. The van der Waals surface area contributed by atoms with Crippen molar-refractivity contribution in [3.8, 4) is 11.4 Å². The number of hydrogen-bond donors (Lipinski definition) is 1. The fourth-order valence-electron chi connectivity index (χ4n) is 2.53. The Bertz CT molecular complexity index is 768. The number of nitrogens with zero attached hydrogens (tertiary/aromatic N) is 1. The van der Waals surface area contributed by atoms with Gasteiger partial charge in [0.05, 0.1) is 11.3 Å². The summed E-state index contributed by atoms with van der Waals surface area (Å²) >= 11 is 3.03. The second-order valence-corrected chi connectivity index (χ2v) is 5.80. The average Bonchev–Trinajstić information content (AvgIpc) is 2.86. The molecule has 0 fully saturated rings. The second-order valence-electron chi connectivity index (χ2n) is 4.88. The van der Waals surface area contributed by atoms with E-state index in [9.17, 15) is 18.0 Å². The maximum absolute atomic E-state index is 13.1. The first kappa shape index (κ1) is 14.3. The highest BCUT2D eigenvalue weighted by Gasteiger charge is 2.34. The van der Waals surface area contributed by atoms with Gasteiger partial charge in [-0.1, -0.05) is 15.9 Å². The Morgan fingerprint density at radius 3 is 2.71 bits per heavy atom. The van der Waals surface area contributed by atoms with Gasteiger partial charge in [0.15, 0.2) is 0 Å². The Morgan fingerprint density at radius 2 is 2.00 bits per heavy atom. The normalized spacial score (nSPS) is 14.3. The highest BCUT2D eigenvalue weighted by Crippen LogP contribution is 2.37. The zero-order chi connectivity index (χ0) is 15.2. The monoisotopic (exact) mass is 358 g/mol. The molecule has 1 aliphatic carbocycles. The van der Waals surface area contributed by atoms with Crippen molar-refractivity contribution < 1.29 is 13.2 Å². The number of halogens is 4. The third kappa shape index (κ3) is 2.62. The molecule has 0 radical (unpaired) electrons. The van der Waals surface area contributed by atoms with E-state index in [0.29, 0.717) is 28.6 Å². The molecule has 1 aromatic carbocycles. The maximum atomic E-state index is 13.1. The van der Waals surface area contributed by atoms with Gasteiger partial charge in [-0.3, -0.25) is 4.79 Å². The standard InChI is InChI=1S/C14H10BrF3N2O/c15-7-4-5-8(10(6-7)14(16,17)18)12-19-11-3-1-2-9(11)13(21)20-12/h4-6H,1-3H2,(H,19,20,21). The third-order valence-corrected chi connectivity index (χ3v) is 3.98. The van der Waals surface area contributed by atoms with Gasteiger partial charge in [0.25, 0.3) is 5.56 Å². The molecule has 0 bridgehead atoms. The molecule has 3 rings (SSSR count). The fraction of sp³-hybridized carbons (Fsp3) is 0.286. The summed E-state index contributed by atoms with van der Waals surface area (Å²) in [5.41, 5.74) is -0.0896. The summed E-state index contributed by atoms with van der Waals surface area (Å²) in [7, 11) is 0. The summed E-state index contributed by atoms with van der Waals surface area (Å²) in [6.45, 7) is 0. The Hall–Kier alpha value is -1.63. The molecule has 7 heteroatoms. The molecule has 0 aliphatic heterocycles. The minimum absolute atomic E-state index is 0.0273. The summed E-state index contributed by atoms with van der Waals surface area (Å²) in [6.07, 6.45) is -2.45. The van der Waals surface area contributed by atoms with Crippen LogP contribution in [0.5, 0.6) is 0 Å². The molecule has 1 heterocycles. The van der Waals surface area contributed by atoms with Crippen molar-refractivity contribution in [1.82, 2.24) is 9.97 Å². The number of rotatable bonds is 1. The largest absolute Gasteiger partial charge is 0.417 e. The van der Waals surface area contributed by atoms with Crippen molar-refractivity contribution >= 4 is 15.9 Å². The van der Waals surface area contributed by atoms with E-state index in [2.05, 4.69) is 25.9 Å². The van der Waals surface area contributed by atoms with Gasteiger partial charge >= 0.3 is 6.18 Å². The quantitative estimate of drug-likeness (QED) is 0.844. The summed E-state index contributed by atoms with van der Waals surface area (Å²) in [6, 6.07) is 3.80. The van der Waals surface area contributed by atoms with E-state index >= 15 is 0 Å². The number of fused-ring (bicyclic) bond motifs is 1. The highest BCUT2D eigenvalue weighted by atomic mass is 79.9. The number of hydrogen-bond acceptors (Lipinski definition) is 2.